The summed E-state index contributed by atoms with van der Waals surface area (Å²) in [5.41, 5.74) is 5.42. The van der Waals surface area contributed by atoms with Crippen LogP contribution in [0, 0.1) is 0 Å². The fourth-order valence-electron chi connectivity index (χ4n) is 1.94. The lowest BCUT2D eigenvalue weighted by molar-refractivity contribution is 0.558. The number of pyridine rings is 1. The topological polar surface area (TPSA) is 38.9 Å². The quantitative estimate of drug-likeness (QED) is 0.607. The van der Waals surface area contributed by atoms with Crippen molar-refractivity contribution in [2.45, 2.75) is 71.1 Å². The average Bonchev–Trinajstić information content (AvgIpc) is 2.48. The first-order valence-corrected chi connectivity index (χ1v) is 7.97. The van der Waals surface area contributed by atoms with Gasteiger partial charge in [-0.25, -0.2) is 0 Å². The molecule has 2 nitrogen and oxygen atoms in total. The molecule has 0 saturated carbocycles. The van der Waals surface area contributed by atoms with Crippen molar-refractivity contribution in [1.29, 1.82) is 0 Å². The Morgan fingerprint density at radius 1 is 0.684 bits per heavy atom. The molecule has 0 radical (unpaired) electrons. The van der Waals surface area contributed by atoms with E-state index in [-0.39, 0.29) is 0 Å². The van der Waals surface area contributed by atoms with E-state index in [0.717, 1.165) is 6.54 Å². The number of hydrogen-bond acceptors (Lipinski definition) is 2. The zero-order chi connectivity index (χ0) is 14.0. The molecule has 1 heterocycles. The summed E-state index contributed by atoms with van der Waals surface area (Å²) >= 11 is 0. The van der Waals surface area contributed by atoms with Crippen molar-refractivity contribution in [3.05, 3.63) is 30.6 Å². The van der Waals surface area contributed by atoms with Gasteiger partial charge in [0.1, 0.15) is 0 Å². The summed E-state index contributed by atoms with van der Waals surface area (Å²) in [6.45, 7) is 3.14. The van der Waals surface area contributed by atoms with Crippen molar-refractivity contribution in [1.82, 2.24) is 4.98 Å². The molecular weight excluding hydrogens is 232 g/mol. The summed E-state index contributed by atoms with van der Waals surface area (Å²) < 4.78 is 0. The molecule has 0 bridgehead atoms. The van der Waals surface area contributed by atoms with Crippen LogP contribution >= 0.6 is 0 Å². The Morgan fingerprint density at radius 2 is 1.16 bits per heavy atom. The van der Waals surface area contributed by atoms with E-state index in [0.29, 0.717) is 0 Å². The molecule has 0 unspecified atom stereocenters. The summed E-state index contributed by atoms with van der Waals surface area (Å²) in [4.78, 5) is 3.78. The van der Waals surface area contributed by atoms with E-state index < -0.39 is 0 Å². The maximum Gasteiger partial charge on any atom is 0.0267 e. The fraction of sp³-hybridized carbons (Fsp3) is 0.706. The van der Waals surface area contributed by atoms with Crippen LogP contribution in [0.15, 0.2) is 30.6 Å². The maximum absolute atomic E-state index is 5.42. The largest absolute Gasteiger partial charge is 0.330 e. The Labute approximate surface area is 119 Å². The second-order valence-electron chi connectivity index (χ2n) is 5.00. The van der Waals surface area contributed by atoms with E-state index in [4.69, 9.17) is 5.73 Å². The molecule has 0 aromatic carbocycles. The number of rotatable bonds is 10. The van der Waals surface area contributed by atoms with Crippen LogP contribution in [0.1, 0.15) is 71.1 Å². The number of nitrogens with zero attached hydrogens (tertiary/aromatic N) is 1. The van der Waals surface area contributed by atoms with Crippen molar-refractivity contribution in [2.24, 2.45) is 5.73 Å². The van der Waals surface area contributed by atoms with E-state index in [1.807, 2.05) is 18.2 Å². The molecule has 0 atom stereocenters. The second-order valence-corrected chi connectivity index (χ2v) is 5.00. The van der Waals surface area contributed by atoms with Gasteiger partial charge in [0.05, 0.1) is 0 Å². The molecular formula is C17H32N2. The highest BCUT2D eigenvalue weighted by atomic mass is 14.6. The first-order valence-electron chi connectivity index (χ1n) is 7.97. The molecule has 0 aliphatic carbocycles. The molecule has 2 heteroatoms. The van der Waals surface area contributed by atoms with Crippen LogP contribution in [0.5, 0.6) is 0 Å². The van der Waals surface area contributed by atoms with E-state index in [9.17, 15) is 0 Å². The molecule has 1 rings (SSSR count). The Kier molecular flexibility index (Phi) is 16.3. The van der Waals surface area contributed by atoms with Crippen molar-refractivity contribution < 1.29 is 0 Å². The third kappa shape index (κ3) is 17.1. The smallest absolute Gasteiger partial charge is 0.0267 e. The molecule has 2 N–H and O–H groups in total. The van der Waals surface area contributed by atoms with Gasteiger partial charge < -0.3 is 5.73 Å². The van der Waals surface area contributed by atoms with Gasteiger partial charge in [-0.2, -0.15) is 0 Å². The Hall–Kier alpha value is -0.890. The van der Waals surface area contributed by atoms with Gasteiger partial charge in [-0.05, 0) is 25.1 Å². The van der Waals surface area contributed by atoms with Gasteiger partial charge in [0.25, 0.3) is 0 Å². The number of hydrogen-bond donors (Lipinski definition) is 1. The van der Waals surface area contributed by atoms with Gasteiger partial charge >= 0.3 is 0 Å². The molecule has 0 amide bonds. The van der Waals surface area contributed by atoms with E-state index >= 15 is 0 Å². The van der Waals surface area contributed by atoms with Crippen LogP contribution < -0.4 is 5.73 Å². The molecule has 1 aromatic rings. The predicted molar refractivity (Wildman–Crippen MR) is 85.1 cm³/mol. The number of unbranched alkanes of at least 4 members (excludes halogenated alkanes) is 9. The predicted octanol–water partition coefficient (Wildman–Crippen LogP) is 4.95. The third-order valence-electron chi connectivity index (χ3n) is 3.12. The van der Waals surface area contributed by atoms with Gasteiger partial charge in [0.15, 0.2) is 0 Å². The zero-order valence-electron chi connectivity index (χ0n) is 12.7. The highest BCUT2D eigenvalue weighted by molar-refractivity contribution is 4.88. The Bertz CT molecular complexity index is 200. The molecule has 0 saturated heterocycles. The van der Waals surface area contributed by atoms with Gasteiger partial charge in [-0.1, -0.05) is 70.8 Å². The SMILES string of the molecule is CCCCCCCCCCCCN.c1ccncc1. The van der Waals surface area contributed by atoms with E-state index in [1.54, 1.807) is 12.4 Å². The van der Waals surface area contributed by atoms with Crippen LogP contribution in [0.4, 0.5) is 0 Å². The van der Waals surface area contributed by atoms with E-state index in [1.165, 1.54) is 64.2 Å². The van der Waals surface area contributed by atoms with Crippen LogP contribution in [0.3, 0.4) is 0 Å². The second kappa shape index (κ2) is 17.1. The van der Waals surface area contributed by atoms with Gasteiger partial charge in [-0.3, -0.25) is 4.98 Å². The Morgan fingerprint density at radius 3 is 1.47 bits per heavy atom. The number of nitrogens with two attached hydrogens (primary N) is 1. The molecule has 0 aliphatic rings. The third-order valence-corrected chi connectivity index (χ3v) is 3.12. The van der Waals surface area contributed by atoms with Crippen LogP contribution in [-0.4, -0.2) is 11.5 Å². The summed E-state index contributed by atoms with van der Waals surface area (Å²) in [5.74, 6) is 0. The van der Waals surface area contributed by atoms with Crippen molar-refractivity contribution >= 4 is 0 Å². The molecule has 110 valence electrons. The highest BCUT2D eigenvalue weighted by Crippen LogP contribution is 2.09. The maximum atomic E-state index is 5.42. The number of aromatic nitrogens is 1. The Balaban J connectivity index is 0.000000443. The monoisotopic (exact) mass is 264 g/mol. The molecule has 0 aliphatic heterocycles. The van der Waals surface area contributed by atoms with Gasteiger partial charge in [-0.15, -0.1) is 0 Å². The van der Waals surface area contributed by atoms with Crippen LogP contribution in [0.2, 0.25) is 0 Å². The van der Waals surface area contributed by atoms with Gasteiger partial charge in [0.2, 0.25) is 0 Å². The molecule has 0 spiro atoms. The minimum Gasteiger partial charge on any atom is -0.330 e. The zero-order valence-corrected chi connectivity index (χ0v) is 12.7. The lowest BCUT2D eigenvalue weighted by atomic mass is 10.1. The van der Waals surface area contributed by atoms with E-state index in [2.05, 4.69) is 11.9 Å². The highest BCUT2D eigenvalue weighted by Gasteiger charge is 1.91. The van der Waals surface area contributed by atoms with Crippen LogP contribution in [-0.2, 0) is 0 Å². The first kappa shape index (κ1) is 18.1. The standard InChI is InChI=1S/C12H27N.C5H5N/c1-2-3-4-5-6-7-8-9-10-11-12-13;1-2-4-6-5-3-1/h2-13H2,1H3;1-5H. The van der Waals surface area contributed by atoms with Crippen molar-refractivity contribution in [3.63, 3.8) is 0 Å². The summed E-state index contributed by atoms with van der Waals surface area (Å²) in [7, 11) is 0. The minimum absolute atomic E-state index is 0.872. The molecule has 0 fully saturated rings. The fourth-order valence-corrected chi connectivity index (χ4v) is 1.94. The van der Waals surface area contributed by atoms with Crippen molar-refractivity contribution in [3.8, 4) is 0 Å². The van der Waals surface area contributed by atoms with Gasteiger partial charge in [0, 0.05) is 12.4 Å². The lowest BCUT2D eigenvalue weighted by Crippen LogP contribution is -1.97. The normalized spacial score (nSPS) is 9.79. The summed E-state index contributed by atoms with van der Waals surface area (Å²) in [5, 5.41) is 0. The van der Waals surface area contributed by atoms with Crippen LogP contribution in [0.25, 0.3) is 0 Å². The average molecular weight is 264 g/mol. The summed E-state index contributed by atoms with van der Waals surface area (Å²) in [6.07, 6.45) is 17.4. The molecule has 1 aromatic heterocycles. The molecule has 19 heavy (non-hydrogen) atoms. The summed E-state index contributed by atoms with van der Waals surface area (Å²) in [6, 6.07) is 5.72. The lowest BCUT2D eigenvalue weighted by Gasteiger charge is -2.00. The van der Waals surface area contributed by atoms with Crippen molar-refractivity contribution in [2.75, 3.05) is 6.54 Å². The minimum atomic E-state index is 0.872. The first-order chi connectivity index (χ1) is 9.41.